The summed E-state index contributed by atoms with van der Waals surface area (Å²) in [7, 11) is 0. The van der Waals surface area contributed by atoms with Crippen LogP contribution in [-0.4, -0.2) is 29.5 Å². The van der Waals surface area contributed by atoms with Gasteiger partial charge in [0.2, 0.25) is 5.91 Å². The zero-order valence-corrected chi connectivity index (χ0v) is 8.11. The summed E-state index contributed by atoms with van der Waals surface area (Å²) >= 11 is 0. The second-order valence-electron chi connectivity index (χ2n) is 3.45. The van der Waals surface area contributed by atoms with Crippen molar-refractivity contribution >= 4 is 11.6 Å². The fraction of sp³-hybridized carbons (Fsp3) is 0.778. The van der Waals surface area contributed by atoms with E-state index >= 15 is 0 Å². The highest BCUT2D eigenvalue weighted by atomic mass is 16.5. The van der Waals surface area contributed by atoms with E-state index in [9.17, 15) is 4.79 Å². The molecule has 1 fully saturated rings. The molecule has 1 amide bonds. The minimum atomic E-state index is -0.335. The Labute approximate surface area is 82.9 Å². The predicted molar refractivity (Wildman–Crippen MR) is 51.2 cm³/mol. The SMILES string of the molecule is NC(=O)CCOC1CCC(=NO)CC1. The summed E-state index contributed by atoms with van der Waals surface area (Å²) < 4.78 is 5.45. The van der Waals surface area contributed by atoms with E-state index in [1.54, 1.807) is 0 Å². The Morgan fingerprint density at radius 3 is 2.71 bits per heavy atom. The Morgan fingerprint density at radius 2 is 2.21 bits per heavy atom. The molecular weight excluding hydrogens is 184 g/mol. The van der Waals surface area contributed by atoms with Crippen molar-refractivity contribution in [2.24, 2.45) is 10.9 Å². The second kappa shape index (κ2) is 5.59. The molecule has 0 spiro atoms. The van der Waals surface area contributed by atoms with Gasteiger partial charge in [-0.3, -0.25) is 4.79 Å². The third-order valence-corrected chi connectivity index (χ3v) is 2.35. The number of rotatable bonds is 4. The highest BCUT2D eigenvalue weighted by Gasteiger charge is 2.18. The van der Waals surface area contributed by atoms with E-state index in [2.05, 4.69) is 5.16 Å². The molecule has 0 atom stereocenters. The molecule has 0 aromatic rings. The number of hydrogen-bond donors (Lipinski definition) is 2. The van der Waals surface area contributed by atoms with Crippen molar-refractivity contribution in [1.29, 1.82) is 0 Å². The van der Waals surface area contributed by atoms with Gasteiger partial charge in [0.1, 0.15) is 0 Å². The fourth-order valence-electron chi connectivity index (χ4n) is 1.52. The Kier molecular flexibility index (Phi) is 4.39. The van der Waals surface area contributed by atoms with E-state index in [0.29, 0.717) is 6.61 Å². The van der Waals surface area contributed by atoms with Crippen LogP contribution < -0.4 is 5.73 Å². The normalized spacial score (nSPS) is 22.0. The van der Waals surface area contributed by atoms with E-state index in [1.165, 1.54) is 0 Å². The standard InChI is InChI=1S/C9H16N2O3/c10-9(12)5-6-14-8-3-1-7(11-13)2-4-8/h8,13H,1-6H2,(H2,10,12). The summed E-state index contributed by atoms with van der Waals surface area (Å²) in [5.74, 6) is -0.335. The first kappa shape index (κ1) is 11.0. The van der Waals surface area contributed by atoms with Crippen molar-refractivity contribution in [2.45, 2.75) is 38.2 Å². The molecule has 0 radical (unpaired) electrons. The van der Waals surface area contributed by atoms with Crippen LogP contribution >= 0.6 is 0 Å². The average Bonchev–Trinajstić information content (AvgIpc) is 2.18. The van der Waals surface area contributed by atoms with Crippen molar-refractivity contribution in [3.63, 3.8) is 0 Å². The Hall–Kier alpha value is -1.10. The van der Waals surface area contributed by atoms with Crippen LogP contribution in [0, 0.1) is 0 Å². The lowest BCUT2D eigenvalue weighted by Gasteiger charge is -2.22. The zero-order chi connectivity index (χ0) is 10.4. The van der Waals surface area contributed by atoms with Gasteiger partial charge in [0.25, 0.3) is 0 Å². The molecule has 1 rings (SSSR count). The molecule has 1 aliphatic rings. The number of nitrogens with two attached hydrogens (primary N) is 1. The fourth-order valence-corrected chi connectivity index (χ4v) is 1.52. The third kappa shape index (κ3) is 3.74. The van der Waals surface area contributed by atoms with Crippen LogP contribution in [0.3, 0.4) is 0 Å². The summed E-state index contributed by atoms with van der Waals surface area (Å²) in [6, 6.07) is 0. The van der Waals surface area contributed by atoms with Gasteiger partial charge >= 0.3 is 0 Å². The predicted octanol–water partition coefficient (Wildman–Crippen LogP) is 0.651. The summed E-state index contributed by atoms with van der Waals surface area (Å²) in [6.07, 6.45) is 3.73. The smallest absolute Gasteiger partial charge is 0.219 e. The van der Waals surface area contributed by atoms with Gasteiger partial charge in [-0.1, -0.05) is 5.16 Å². The zero-order valence-electron chi connectivity index (χ0n) is 8.11. The average molecular weight is 200 g/mol. The first-order chi connectivity index (χ1) is 6.72. The van der Waals surface area contributed by atoms with Crippen molar-refractivity contribution in [3.05, 3.63) is 0 Å². The summed E-state index contributed by atoms with van der Waals surface area (Å²) in [6.45, 7) is 0.394. The molecular formula is C9H16N2O3. The molecule has 1 saturated carbocycles. The van der Waals surface area contributed by atoms with Crippen molar-refractivity contribution < 1.29 is 14.7 Å². The lowest BCUT2D eigenvalue weighted by molar-refractivity contribution is -0.119. The number of carbonyl (C=O) groups excluding carboxylic acids is 1. The molecule has 0 aliphatic heterocycles. The van der Waals surface area contributed by atoms with Crippen molar-refractivity contribution in [3.8, 4) is 0 Å². The topological polar surface area (TPSA) is 84.9 Å². The van der Waals surface area contributed by atoms with Crippen LogP contribution in [0.5, 0.6) is 0 Å². The van der Waals surface area contributed by atoms with Crippen LogP contribution in [0.2, 0.25) is 0 Å². The maximum absolute atomic E-state index is 10.4. The molecule has 0 saturated heterocycles. The summed E-state index contributed by atoms with van der Waals surface area (Å²) in [5.41, 5.74) is 5.81. The largest absolute Gasteiger partial charge is 0.411 e. The monoisotopic (exact) mass is 200 g/mol. The highest BCUT2D eigenvalue weighted by Crippen LogP contribution is 2.18. The number of oxime groups is 1. The molecule has 0 aromatic heterocycles. The van der Waals surface area contributed by atoms with Gasteiger partial charge in [0.15, 0.2) is 0 Å². The molecule has 0 heterocycles. The maximum atomic E-state index is 10.4. The van der Waals surface area contributed by atoms with Gasteiger partial charge in [-0.2, -0.15) is 0 Å². The first-order valence-corrected chi connectivity index (χ1v) is 4.82. The van der Waals surface area contributed by atoms with Gasteiger partial charge in [-0.25, -0.2) is 0 Å². The van der Waals surface area contributed by atoms with Gasteiger partial charge in [-0.15, -0.1) is 0 Å². The van der Waals surface area contributed by atoms with Gasteiger partial charge in [0, 0.05) is 6.42 Å². The molecule has 0 unspecified atom stereocenters. The number of ether oxygens (including phenoxy) is 1. The van der Waals surface area contributed by atoms with Crippen LogP contribution in [0.25, 0.3) is 0 Å². The van der Waals surface area contributed by atoms with Gasteiger partial charge in [-0.05, 0) is 25.7 Å². The second-order valence-corrected chi connectivity index (χ2v) is 3.45. The lowest BCUT2D eigenvalue weighted by atomic mass is 9.96. The van der Waals surface area contributed by atoms with Crippen LogP contribution in [-0.2, 0) is 9.53 Å². The van der Waals surface area contributed by atoms with Crippen LogP contribution in [0.15, 0.2) is 5.16 Å². The van der Waals surface area contributed by atoms with Gasteiger partial charge in [0.05, 0.1) is 18.4 Å². The molecule has 3 N–H and O–H groups in total. The van der Waals surface area contributed by atoms with Gasteiger partial charge < -0.3 is 15.7 Å². The van der Waals surface area contributed by atoms with E-state index < -0.39 is 0 Å². The van der Waals surface area contributed by atoms with Crippen LogP contribution in [0.1, 0.15) is 32.1 Å². The first-order valence-electron chi connectivity index (χ1n) is 4.82. The van der Waals surface area contributed by atoms with Crippen molar-refractivity contribution in [1.82, 2.24) is 0 Å². The third-order valence-electron chi connectivity index (χ3n) is 2.35. The highest BCUT2D eigenvalue weighted by molar-refractivity contribution is 5.84. The minimum absolute atomic E-state index is 0.180. The van der Waals surface area contributed by atoms with E-state index in [0.717, 1.165) is 31.4 Å². The molecule has 5 heteroatoms. The van der Waals surface area contributed by atoms with Crippen molar-refractivity contribution in [2.75, 3.05) is 6.61 Å². The summed E-state index contributed by atoms with van der Waals surface area (Å²) in [5, 5.41) is 11.7. The lowest BCUT2D eigenvalue weighted by Crippen LogP contribution is -2.23. The van der Waals surface area contributed by atoms with Crippen LogP contribution in [0.4, 0.5) is 0 Å². The molecule has 80 valence electrons. The van der Waals surface area contributed by atoms with E-state index in [4.69, 9.17) is 15.7 Å². The molecule has 1 aliphatic carbocycles. The number of hydrogen-bond acceptors (Lipinski definition) is 4. The summed E-state index contributed by atoms with van der Waals surface area (Å²) in [4.78, 5) is 10.4. The maximum Gasteiger partial charge on any atom is 0.219 e. The van der Waals surface area contributed by atoms with E-state index in [1.807, 2.05) is 0 Å². The minimum Gasteiger partial charge on any atom is -0.411 e. The number of carbonyl (C=O) groups is 1. The quantitative estimate of drug-likeness (QED) is 0.516. The number of primary amides is 1. The molecule has 0 bridgehead atoms. The Bertz CT molecular complexity index is 218. The number of nitrogens with zero attached hydrogens (tertiary/aromatic N) is 1. The molecule has 5 nitrogen and oxygen atoms in total. The number of amides is 1. The molecule has 0 aromatic carbocycles. The van der Waals surface area contributed by atoms with E-state index in [-0.39, 0.29) is 18.4 Å². The molecule has 14 heavy (non-hydrogen) atoms. The Balaban J connectivity index is 2.13. The Morgan fingerprint density at radius 1 is 1.57 bits per heavy atom.